The van der Waals surface area contributed by atoms with E-state index >= 15 is 0 Å². The van der Waals surface area contributed by atoms with Gasteiger partial charge in [-0.1, -0.05) is 82.5 Å². The highest BCUT2D eigenvalue weighted by molar-refractivity contribution is 6.08. The molecule has 0 fully saturated rings. The molecule has 1 N–H and O–H groups in total. The van der Waals surface area contributed by atoms with Crippen LogP contribution >= 0.6 is 0 Å². The number of aryl methyl sites for hydroxylation is 1. The molecule has 0 unspecified atom stereocenters. The number of nitrogens with one attached hydrogen (secondary N) is 1. The summed E-state index contributed by atoms with van der Waals surface area (Å²) in [6.07, 6.45) is 1.92. The van der Waals surface area contributed by atoms with Crippen LogP contribution in [0.3, 0.4) is 0 Å². The van der Waals surface area contributed by atoms with E-state index in [2.05, 4.69) is 94.7 Å². The third kappa shape index (κ3) is 4.42. The molecule has 0 aromatic heterocycles. The van der Waals surface area contributed by atoms with Gasteiger partial charge in [-0.3, -0.25) is 0 Å². The van der Waals surface area contributed by atoms with Crippen molar-refractivity contribution in [3.8, 4) is 0 Å². The predicted molar refractivity (Wildman–Crippen MR) is 118 cm³/mol. The number of hydrogen-bond acceptors (Lipinski definition) is 1. The number of hydrogen-bond donors (Lipinski definition) is 1. The summed E-state index contributed by atoms with van der Waals surface area (Å²) in [5.41, 5.74) is 10.4. The molecule has 1 heteroatoms. The molecule has 2 aromatic rings. The zero-order chi connectivity index (χ0) is 19.6. The summed E-state index contributed by atoms with van der Waals surface area (Å²) in [5.74, 6) is 0. The zero-order valence-corrected chi connectivity index (χ0v) is 17.2. The minimum absolute atomic E-state index is 0.236. The van der Waals surface area contributed by atoms with Crippen molar-refractivity contribution in [2.45, 2.75) is 40.5 Å². The van der Waals surface area contributed by atoms with Crippen LogP contribution in [0.15, 0.2) is 73.0 Å². The Bertz CT molecular complexity index is 906. The SMILES string of the molecule is C=C(CC(C)(C)C)NCC1=C(c2ccccc2C)C(=C)c2ccccc2C1. The maximum atomic E-state index is 4.48. The van der Waals surface area contributed by atoms with Crippen molar-refractivity contribution in [3.63, 3.8) is 0 Å². The Hall–Kier alpha value is -2.54. The van der Waals surface area contributed by atoms with Gasteiger partial charge in [-0.15, -0.1) is 0 Å². The molecule has 27 heavy (non-hydrogen) atoms. The van der Waals surface area contributed by atoms with E-state index in [-0.39, 0.29) is 5.41 Å². The molecule has 1 aliphatic carbocycles. The topological polar surface area (TPSA) is 12.0 Å². The second-order valence-electron chi connectivity index (χ2n) is 8.80. The molecule has 0 saturated heterocycles. The Kier molecular flexibility index (Phi) is 5.41. The summed E-state index contributed by atoms with van der Waals surface area (Å²) in [5, 5.41) is 3.59. The molecule has 1 aliphatic rings. The smallest absolute Gasteiger partial charge is 0.0369 e. The van der Waals surface area contributed by atoms with E-state index in [4.69, 9.17) is 0 Å². The molecule has 0 heterocycles. The predicted octanol–water partition coefficient (Wildman–Crippen LogP) is 6.56. The fourth-order valence-electron chi connectivity index (χ4n) is 3.93. The average molecular weight is 358 g/mol. The molecule has 0 amide bonds. The lowest BCUT2D eigenvalue weighted by atomic mass is 9.79. The van der Waals surface area contributed by atoms with Gasteiger partial charge >= 0.3 is 0 Å². The highest BCUT2D eigenvalue weighted by atomic mass is 14.9. The van der Waals surface area contributed by atoms with E-state index in [0.29, 0.717) is 0 Å². The second kappa shape index (κ2) is 7.60. The highest BCUT2D eigenvalue weighted by Crippen LogP contribution is 2.40. The Morgan fingerprint density at radius 3 is 2.30 bits per heavy atom. The van der Waals surface area contributed by atoms with Crippen molar-refractivity contribution in [1.82, 2.24) is 5.32 Å². The van der Waals surface area contributed by atoms with Gasteiger partial charge in [-0.05, 0) is 64.2 Å². The van der Waals surface area contributed by atoms with Crippen molar-refractivity contribution in [2.75, 3.05) is 6.54 Å². The first-order valence-corrected chi connectivity index (χ1v) is 9.73. The first kappa shape index (κ1) is 19.2. The van der Waals surface area contributed by atoms with Crippen LogP contribution in [-0.4, -0.2) is 6.54 Å². The largest absolute Gasteiger partial charge is 0.385 e. The summed E-state index contributed by atoms with van der Waals surface area (Å²) in [6.45, 7) is 18.5. The lowest BCUT2D eigenvalue weighted by molar-refractivity contribution is 0.400. The van der Waals surface area contributed by atoms with E-state index < -0.39 is 0 Å². The van der Waals surface area contributed by atoms with Crippen LogP contribution in [0.5, 0.6) is 0 Å². The summed E-state index contributed by atoms with van der Waals surface area (Å²) >= 11 is 0. The zero-order valence-electron chi connectivity index (χ0n) is 17.2. The van der Waals surface area contributed by atoms with Crippen LogP contribution in [0.4, 0.5) is 0 Å². The van der Waals surface area contributed by atoms with Gasteiger partial charge < -0.3 is 5.32 Å². The summed E-state index contributed by atoms with van der Waals surface area (Å²) in [4.78, 5) is 0. The maximum Gasteiger partial charge on any atom is 0.0369 e. The normalized spacial score (nSPS) is 14.1. The van der Waals surface area contributed by atoms with E-state index in [9.17, 15) is 0 Å². The third-order valence-corrected chi connectivity index (χ3v) is 5.11. The minimum Gasteiger partial charge on any atom is -0.385 e. The summed E-state index contributed by atoms with van der Waals surface area (Å²) in [7, 11) is 0. The Morgan fingerprint density at radius 1 is 1.00 bits per heavy atom. The molecule has 0 bridgehead atoms. The number of benzene rings is 2. The molecule has 2 aromatic carbocycles. The highest BCUT2D eigenvalue weighted by Gasteiger charge is 2.23. The van der Waals surface area contributed by atoms with Crippen molar-refractivity contribution >= 4 is 11.1 Å². The molecular weight excluding hydrogens is 326 g/mol. The molecule has 0 saturated carbocycles. The third-order valence-electron chi connectivity index (χ3n) is 5.11. The second-order valence-corrected chi connectivity index (χ2v) is 8.80. The Balaban J connectivity index is 1.97. The fraction of sp³-hybridized carbons (Fsp3) is 0.308. The number of allylic oxidation sites excluding steroid dienone is 3. The van der Waals surface area contributed by atoms with Gasteiger partial charge in [0.25, 0.3) is 0 Å². The van der Waals surface area contributed by atoms with Gasteiger partial charge in [0.1, 0.15) is 0 Å². The van der Waals surface area contributed by atoms with E-state index in [1.807, 2.05) is 0 Å². The molecule has 0 radical (unpaired) electrons. The molecule has 0 atom stereocenters. The molecule has 140 valence electrons. The quantitative estimate of drug-likeness (QED) is 0.639. The Labute approximate surface area is 164 Å². The van der Waals surface area contributed by atoms with E-state index in [1.165, 1.54) is 33.4 Å². The van der Waals surface area contributed by atoms with Crippen LogP contribution in [-0.2, 0) is 6.42 Å². The van der Waals surface area contributed by atoms with Gasteiger partial charge in [0.05, 0.1) is 0 Å². The van der Waals surface area contributed by atoms with Crippen LogP contribution in [0.25, 0.3) is 11.1 Å². The van der Waals surface area contributed by atoms with E-state index in [1.54, 1.807) is 0 Å². The minimum atomic E-state index is 0.236. The monoisotopic (exact) mass is 357 g/mol. The fourth-order valence-corrected chi connectivity index (χ4v) is 3.93. The molecule has 1 nitrogen and oxygen atoms in total. The summed E-state index contributed by atoms with van der Waals surface area (Å²) in [6, 6.07) is 17.3. The van der Waals surface area contributed by atoms with Gasteiger partial charge in [0.15, 0.2) is 0 Å². The van der Waals surface area contributed by atoms with Gasteiger partial charge in [-0.25, -0.2) is 0 Å². The standard InChI is InChI=1S/C26H31N/c1-18-11-7-9-13-23(18)25-20(3)24-14-10-8-12-21(24)15-22(25)17-27-19(2)16-26(4,5)6/h7-14,27H,2-3,15-17H2,1,4-6H3. The van der Waals surface area contributed by atoms with Crippen molar-refractivity contribution < 1.29 is 0 Å². The van der Waals surface area contributed by atoms with E-state index in [0.717, 1.165) is 30.7 Å². The van der Waals surface area contributed by atoms with Crippen molar-refractivity contribution in [3.05, 3.63) is 95.2 Å². The van der Waals surface area contributed by atoms with Crippen LogP contribution < -0.4 is 5.32 Å². The van der Waals surface area contributed by atoms with Gasteiger partial charge in [-0.2, -0.15) is 0 Å². The Morgan fingerprint density at radius 2 is 1.63 bits per heavy atom. The molecule has 0 aliphatic heterocycles. The van der Waals surface area contributed by atoms with Crippen molar-refractivity contribution in [1.29, 1.82) is 0 Å². The van der Waals surface area contributed by atoms with Gasteiger partial charge in [0.2, 0.25) is 0 Å². The first-order chi connectivity index (χ1) is 12.8. The molecule has 3 rings (SSSR count). The first-order valence-electron chi connectivity index (χ1n) is 9.73. The van der Waals surface area contributed by atoms with Crippen molar-refractivity contribution in [2.24, 2.45) is 5.41 Å². The average Bonchev–Trinajstić information content (AvgIpc) is 2.60. The van der Waals surface area contributed by atoms with Crippen LogP contribution in [0.1, 0.15) is 49.4 Å². The summed E-state index contributed by atoms with van der Waals surface area (Å²) < 4.78 is 0. The molecular formula is C26H31N. The number of fused-ring (bicyclic) bond motifs is 1. The lowest BCUT2D eigenvalue weighted by Crippen LogP contribution is -2.23. The van der Waals surface area contributed by atoms with Crippen LogP contribution in [0.2, 0.25) is 0 Å². The molecule has 0 spiro atoms. The van der Waals surface area contributed by atoms with Gasteiger partial charge in [0, 0.05) is 12.2 Å². The maximum absolute atomic E-state index is 4.48. The van der Waals surface area contributed by atoms with Crippen LogP contribution in [0, 0.1) is 12.3 Å². The number of rotatable bonds is 5. The lowest BCUT2D eigenvalue weighted by Gasteiger charge is -2.28.